The number of rotatable bonds is 4. The van der Waals surface area contributed by atoms with E-state index in [1.54, 1.807) is 0 Å². The Morgan fingerprint density at radius 3 is 2.47 bits per heavy atom. The molecule has 1 aliphatic rings. The van der Waals surface area contributed by atoms with Crippen molar-refractivity contribution in [1.29, 1.82) is 0 Å². The number of anilines is 1. The fourth-order valence-electron chi connectivity index (χ4n) is 2.57. The molecular formula is C13H18F3N3. The average molecular weight is 273 g/mol. The highest BCUT2D eigenvalue weighted by Crippen LogP contribution is 2.30. The van der Waals surface area contributed by atoms with Crippen molar-refractivity contribution in [3.8, 4) is 0 Å². The van der Waals surface area contributed by atoms with E-state index < -0.39 is 11.7 Å². The Morgan fingerprint density at radius 2 is 2.00 bits per heavy atom. The van der Waals surface area contributed by atoms with E-state index in [-0.39, 0.29) is 6.04 Å². The molecule has 2 rings (SSSR count). The molecule has 0 bridgehead atoms. The normalized spacial score (nSPS) is 18.5. The van der Waals surface area contributed by atoms with Crippen molar-refractivity contribution in [1.82, 2.24) is 4.98 Å². The molecule has 19 heavy (non-hydrogen) atoms. The number of nitrogens with two attached hydrogens (primary N) is 1. The van der Waals surface area contributed by atoms with Gasteiger partial charge in [-0.2, -0.15) is 13.2 Å². The molecule has 3 N–H and O–H groups in total. The maximum Gasteiger partial charge on any atom is 0.417 e. The lowest BCUT2D eigenvalue weighted by Gasteiger charge is -2.23. The number of hydrogen-bond acceptors (Lipinski definition) is 3. The van der Waals surface area contributed by atoms with Gasteiger partial charge in [-0.05, 0) is 30.9 Å². The largest absolute Gasteiger partial charge is 0.417 e. The van der Waals surface area contributed by atoms with Crippen LogP contribution >= 0.6 is 0 Å². The lowest BCUT2D eigenvalue weighted by molar-refractivity contribution is -0.137. The van der Waals surface area contributed by atoms with Crippen LogP contribution in [0.5, 0.6) is 0 Å². The first-order chi connectivity index (χ1) is 9.00. The number of aromatic nitrogens is 1. The fraction of sp³-hybridized carbons (Fsp3) is 0.615. The molecule has 0 spiro atoms. The molecule has 1 heterocycles. The number of alkyl halides is 3. The third-order valence-corrected chi connectivity index (χ3v) is 3.65. The smallest absolute Gasteiger partial charge is 0.366 e. The standard InChI is InChI=1S/C13H18F3N3/c14-13(15,16)10-5-6-12(18-8-10)19-11(7-17)9-3-1-2-4-9/h5-6,8-9,11H,1-4,7,17H2,(H,18,19). The average Bonchev–Trinajstić information content (AvgIpc) is 2.89. The van der Waals surface area contributed by atoms with E-state index in [1.165, 1.54) is 18.9 Å². The summed E-state index contributed by atoms with van der Waals surface area (Å²) in [7, 11) is 0. The summed E-state index contributed by atoms with van der Waals surface area (Å²) in [6, 6.07) is 2.49. The maximum atomic E-state index is 12.4. The van der Waals surface area contributed by atoms with Gasteiger partial charge in [0.25, 0.3) is 0 Å². The van der Waals surface area contributed by atoms with Crippen molar-refractivity contribution in [2.45, 2.75) is 37.9 Å². The number of nitrogens with zero attached hydrogens (tertiary/aromatic N) is 1. The molecular weight excluding hydrogens is 255 g/mol. The highest BCUT2D eigenvalue weighted by atomic mass is 19.4. The number of hydrogen-bond donors (Lipinski definition) is 2. The van der Waals surface area contributed by atoms with E-state index in [2.05, 4.69) is 10.3 Å². The summed E-state index contributed by atoms with van der Waals surface area (Å²) in [5, 5.41) is 3.15. The summed E-state index contributed by atoms with van der Waals surface area (Å²) in [5.74, 6) is 0.949. The zero-order chi connectivity index (χ0) is 13.9. The predicted octanol–water partition coefficient (Wildman–Crippen LogP) is 3.03. The minimum absolute atomic E-state index is 0.0896. The van der Waals surface area contributed by atoms with Crippen LogP contribution in [0.3, 0.4) is 0 Å². The molecule has 0 aromatic carbocycles. The minimum atomic E-state index is -4.34. The van der Waals surface area contributed by atoms with Crippen molar-refractivity contribution < 1.29 is 13.2 Å². The van der Waals surface area contributed by atoms with Crippen LogP contribution in [0.25, 0.3) is 0 Å². The fourth-order valence-corrected chi connectivity index (χ4v) is 2.57. The van der Waals surface area contributed by atoms with Crippen LogP contribution in [0.4, 0.5) is 19.0 Å². The van der Waals surface area contributed by atoms with Gasteiger partial charge >= 0.3 is 6.18 Å². The summed E-state index contributed by atoms with van der Waals surface area (Å²) in [6.07, 6.45) is 1.15. The molecule has 3 nitrogen and oxygen atoms in total. The quantitative estimate of drug-likeness (QED) is 0.886. The first kappa shape index (κ1) is 14.1. The van der Waals surface area contributed by atoms with Crippen molar-refractivity contribution in [2.24, 2.45) is 11.7 Å². The molecule has 0 saturated heterocycles. The molecule has 106 valence electrons. The summed E-state index contributed by atoms with van der Waals surface area (Å²) in [4.78, 5) is 3.82. The van der Waals surface area contributed by atoms with Gasteiger partial charge in [0.1, 0.15) is 5.82 Å². The Kier molecular flexibility index (Phi) is 4.29. The van der Waals surface area contributed by atoms with Crippen molar-refractivity contribution in [3.05, 3.63) is 23.9 Å². The Labute approximate surface area is 110 Å². The zero-order valence-corrected chi connectivity index (χ0v) is 10.6. The molecule has 0 aliphatic heterocycles. The van der Waals surface area contributed by atoms with Gasteiger partial charge in [-0.15, -0.1) is 0 Å². The van der Waals surface area contributed by atoms with Gasteiger partial charge in [-0.1, -0.05) is 12.8 Å². The second-order valence-corrected chi connectivity index (χ2v) is 4.96. The highest BCUT2D eigenvalue weighted by Gasteiger charge is 2.31. The second-order valence-electron chi connectivity index (χ2n) is 4.96. The van der Waals surface area contributed by atoms with Crippen LogP contribution in [0.1, 0.15) is 31.2 Å². The highest BCUT2D eigenvalue weighted by molar-refractivity contribution is 5.37. The Morgan fingerprint density at radius 1 is 1.32 bits per heavy atom. The van der Waals surface area contributed by atoms with Crippen LogP contribution < -0.4 is 11.1 Å². The van der Waals surface area contributed by atoms with Crippen molar-refractivity contribution >= 4 is 5.82 Å². The van der Waals surface area contributed by atoms with E-state index in [1.807, 2.05) is 0 Å². The van der Waals surface area contributed by atoms with Gasteiger partial charge in [0.2, 0.25) is 0 Å². The lowest BCUT2D eigenvalue weighted by Crippen LogP contribution is -2.35. The Bertz CT molecular complexity index is 397. The van der Waals surface area contributed by atoms with Gasteiger partial charge in [-0.3, -0.25) is 0 Å². The molecule has 1 aromatic rings. The first-order valence-corrected chi connectivity index (χ1v) is 6.50. The summed E-state index contributed by atoms with van der Waals surface area (Å²) >= 11 is 0. The van der Waals surface area contributed by atoms with E-state index >= 15 is 0 Å². The van der Waals surface area contributed by atoms with Crippen LogP contribution in [0, 0.1) is 5.92 Å². The SMILES string of the molecule is NCC(Nc1ccc(C(F)(F)F)cn1)C1CCCC1. The molecule has 1 unspecified atom stereocenters. The third kappa shape index (κ3) is 3.59. The maximum absolute atomic E-state index is 12.4. The van der Waals surface area contributed by atoms with Crippen LogP contribution in [0.2, 0.25) is 0 Å². The molecule has 1 aliphatic carbocycles. The number of pyridine rings is 1. The van der Waals surface area contributed by atoms with Crippen molar-refractivity contribution in [3.63, 3.8) is 0 Å². The second kappa shape index (κ2) is 5.77. The Balaban J connectivity index is 2.01. The summed E-state index contributed by atoms with van der Waals surface area (Å²) in [5.41, 5.74) is 5.00. The first-order valence-electron chi connectivity index (χ1n) is 6.50. The topological polar surface area (TPSA) is 50.9 Å². The summed E-state index contributed by atoms with van der Waals surface area (Å²) in [6.45, 7) is 0.466. The van der Waals surface area contributed by atoms with E-state index in [0.29, 0.717) is 18.3 Å². The van der Waals surface area contributed by atoms with Gasteiger partial charge in [0.15, 0.2) is 0 Å². The lowest BCUT2D eigenvalue weighted by atomic mass is 9.98. The van der Waals surface area contributed by atoms with Gasteiger partial charge in [0, 0.05) is 18.8 Å². The van der Waals surface area contributed by atoms with Crippen LogP contribution in [-0.2, 0) is 6.18 Å². The van der Waals surface area contributed by atoms with Gasteiger partial charge in [-0.25, -0.2) is 4.98 Å². The minimum Gasteiger partial charge on any atom is -0.366 e. The number of halogens is 3. The summed E-state index contributed by atoms with van der Waals surface area (Å²) < 4.78 is 37.2. The molecule has 0 amide bonds. The van der Waals surface area contributed by atoms with Crippen LogP contribution in [-0.4, -0.2) is 17.6 Å². The molecule has 1 saturated carbocycles. The monoisotopic (exact) mass is 273 g/mol. The predicted molar refractivity (Wildman–Crippen MR) is 67.7 cm³/mol. The van der Waals surface area contributed by atoms with Gasteiger partial charge in [0.05, 0.1) is 5.56 Å². The number of nitrogens with one attached hydrogen (secondary N) is 1. The Hall–Kier alpha value is -1.30. The van der Waals surface area contributed by atoms with Crippen molar-refractivity contribution in [2.75, 3.05) is 11.9 Å². The van der Waals surface area contributed by atoms with E-state index in [4.69, 9.17) is 5.73 Å². The third-order valence-electron chi connectivity index (χ3n) is 3.65. The van der Waals surface area contributed by atoms with E-state index in [9.17, 15) is 13.2 Å². The molecule has 1 atom stereocenters. The molecule has 1 aromatic heterocycles. The molecule has 1 fully saturated rings. The zero-order valence-electron chi connectivity index (χ0n) is 10.6. The van der Waals surface area contributed by atoms with Crippen LogP contribution in [0.15, 0.2) is 18.3 Å². The van der Waals surface area contributed by atoms with Gasteiger partial charge < -0.3 is 11.1 Å². The molecule has 0 radical (unpaired) electrons. The molecule has 6 heteroatoms. The van der Waals surface area contributed by atoms with E-state index in [0.717, 1.165) is 25.1 Å².